The van der Waals surface area contributed by atoms with Crippen molar-refractivity contribution in [2.24, 2.45) is 0 Å². The van der Waals surface area contributed by atoms with E-state index >= 15 is 0 Å². The first kappa shape index (κ1) is 20.4. The second-order valence-electron chi connectivity index (χ2n) is 6.45. The lowest BCUT2D eigenvalue weighted by Crippen LogP contribution is -2.29. The first-order valence-electron chi connectivity index (χ1n) is 9.18. The number of carbonyl (C=O) groups excluding carboxylic acids is 1. The third kappa shape index (κ3) is 3.78. The van der Waals surface area contributed by atoms with Crippen LogP contribution in [0.1, 0.15) is 60.1 Å². The van der Waals surface area contributed by atoms with Crippen molar-refractivity contribution in [3.05, 3.63) is 61.0 Å². The van der Waals surface area contributed by atoms with Crippen molar-refractivity contribution < 1.29 is 4.79 Å². The van der Waals surface area contributed by atoms with Gasteiger partial charge in [0.15, 0.2) is 0 Å². The molecule has 1 N–H and O–H groups in total. The largest absolute Gasteiger partial charge is 0.347 e. The summed E-state index contributed by atoms with van der Waals surface area (Å²) in [6.07, 6.45) is 2.57. The highest BCUT2D eigenvalue weighted by Gasteiger charge is 2.22. The highest BCUT2D eigenvalue weighted by Crippen LogP contribution is 2.24. The van der Waals surface area contributed by atoms with Crippen LogP contribution in [-0.2, 0) is 19.4 Å². The van der Waals surface area contributed by atoms with Crippen LogP contribution in [0.15, 0.2) is 27.5 Å². The Bertz CT molecular complexity index is 862. The van der Waals surface area contributed by atoms with Crippen LogP contribution in [0.3, 0.4) is 0 Å². The van der Waals surface area contributed by atoms with E-state index < -0.39 is 0 Å². The maximum absolute atomic E-state index is 13.1. The molecule has 0 saturated carbocycles. The van der Waals surface area contributed by atoms with Gasteiger partial charge in [-0.2, -0.15) is 0 Å². The van der Waals surface area contributed by atoms with Crippen LogP contribution in [0, 0.1) is 13.8 Å². The number of nitrogens with zero attached hydrogens (tertiary/aromatic N) is 1. The number of hydrogen-bond donors (Lipinski definition) is 1. The lowest BCUT2D eigenvalue weighted by Gasteiger charge is -2.19. The summed E-state index contributed by atoms with van der Waals surface area (Å²) in [5.41, 5.74) is 4.52. The van der Waals surface area contributed by atoms with E-state index in [1.54, 1.807) is 0 Å². The van der Waals surface area contributed by atoms with Gasteiger partial charge in [0, 0.05) is 23.6 Å². The number of anilines is 1. The molecule has 0 aliphatic heterocycles. The maximum atomic E-state index is 13.1. The van der Waals surface area contributed by atoms with Gasteiger partial charge in [0.05, 0.1) is 4.47 Å². The summed E-state index contributed by atoms with van der Waals surface area (Å²) < 4.78 is 2.49. The highest BCUT2D eigenvalue weighted by atomic mass is 79.9. The molecule has 0 aliphatic carbocycles. The summed E-state index contributed by atoms with van der Waals surface area (Å²) in [4.78, 5) is 25.9. The molecule has 0 bridgehead atoms. The lowest BCUT2D eigenvalue weighted by atomic mass is 10.0. The third-order valence-electron chi connectivity index (χ3n) is 4.83. The molecule has 140 valence electrons. The Balaban J connectivity index is 2.57. The smallest absolute Gasteiger partial charge is 0.261 e. The standard InChI is InChI=1S/C21H27BrN2O2/c1-6-12-24-13(4)17(20(25)18(22)14(24)5)21(26)23-19-15(7-2)10-9-11-16(19)8-3/h9-11H,6-8,12H2,1-5H3,(H,23,26). The van der Waals surface area contributed by atoms with Crippen molar-refractivity contribution >= 4 is 27.5 Å². The minimum atomic E-state index is -0.339. The zero-order valence-electron chi connectivity index (χ0n) is 16.2. The Kier molecular flexibility index (Phi) is 6.81. The summed E-state index contributed by atoms with van der Waals surface area (Å²) in [5, 5.41) is 3.02. The third-order valence-corrected chi connectivity index (χ3v) is 5.76. The molecule has 0 saturated heterocycles. The molecule has 0 radical (unpaired) electrons. The molecule has 0 fully saturated rings. The van der Waals surface area contributed by atoms with Crippen LogP contribution in [0.4, 0.5) is 5.69 Å². The zero-order valence-corrected chi connectivity index (χ0v) is 17.8. The van der Waals surface area contributed by atoms with Crippen molar-refractivity contribution in [3.63, 3.8) is 0 Å². The normalized spacial score (nSPS) is 10.8. The van der Waals surface area contributed by atoms with Crippen LogP contribution in [-0.4, -0.2) is 10.5 Å². The van der Waals surface area contributed by atoms with Gasteiger partial charge < -0.3 is 9.88 Å². The van der Waals surface area contributed by atoms with Crippen LogP contribution in [0.5, 0.6) is 0 Å². The van der Waals surface area contributed by atoms with Crippen molar-refractivity contribution in [2.45, 2.75) is 60.4 Å². The number of hydrogen-bond acceptors (Lipinski definition) is 2. The first-order chi connectivity index (χ1) is 12.4. The molecule has 1 aromatic heterocycles. The molecule has 4 nitrogen and oxygen atoms in total. The van der Waals surface area contributed by atoms with Gasteiger partial charge in [0.1, 0.15) is 5.56 Å². The van der Waals surface area contributed by atoms with E-state index in [0.29, 0.717) is 10.2 Å². The molecule has 1 heterocycles. The van der Waals surface area contributed by atoms with Gasteiger partial charge in [-0.3, -0.25) is 9.59 Å². The fraction of sp³-hybridized carbons (Fsp3) is 0.429. The number of nitrogens with one attached hydrogen (secondary N) is 1. The van der Waals surface area contributed by atoms with Gasteiger partial charge in [0.2, 0.25) is 5.43 Å². The Labute approximate surface area is 163 Å². The lowest BCUT2D eigenvalue weighted by molar-refractivity contribution is 0.102. The number of carbonyl (C=O) groups is 1. The Hall–Kier alpha value is -1.88. The van der Waals surface area contributed by atoms with Gasteiger partial charge in [-0.25, -0.2) is 0 Å². The van der Waals surface area contributed by atoms with Gasteiger partial charge in [-0.15, -0.1) is 0 Å². The van der Waals surface area contributed by atoms with E-state index in [4.69, 9.17) is 0 Å². The second-order valence-corrected chi connectivity index (χ2v) is 7.25. The summed E-state index contributed by atoms with van der Waals surface area (Å²) in [5.74, 6) is -0.339. The molecule has 0 unspecified atom stereocenters. The molecule has 0 spiro atoms. The summed E-state index contributed by atoms with van der Waals surface area (Å²) in [6.45, 7) is 10.7. The van der Waals surface area contributed by atoms with E-state index in [9.17, 15) is 9.59 Å². The average Bonchev–Trinajstić information content (AvgIpc) is 2.63. The van der Waals surface area contributed by atoms with E-state index in [1.807, 2.05) is 36.6 Å². The summed E-state index contributed by atoms with van der Waals surface area (Å²) in [7, 11) is 0. The van der Waals surface area contributed by atoms with Crippen molar-refractivity contribution in [1.29, 1.82) is 0 Å². The average molecular weight is 419 g/mol. The zero-order chi connectivity index (χ0) is 19.4. The number of halogens is 1. The van der Waals surface area contributed by atoms with Gasteiger partial charge in [-0.1, -0.05) is 39.0 Å². The highest BCUT2D eigenvalue weighted by molar-refractivity contribution is 9.10. The molecule has 1 amide bonds. The van der Waals surface area contributed by atoms with E-state index in [2.05, 4.69) is 42.0 Å². The second kappa shape index (κ2) is 8.67. The summed E-state index contributed by atoms with van der Waals surface area (Å²) >= 11 is 3.38. The Morgan fingerprint density at radius 3 is 2.15 bits per heavy atom. The molecular weight excluding hydrogens is 392 g/mol. The molecular formula is C21H27BrN2O2. The van der Waals surface area contributed by atoms with E-state index in [-0.39, 0.29) is 16.9 Å². The number of amides is 1. The SMILES string of the molecule is CCCn1c(C)c(Br)c(=O)c(C(=O)Nc2c(CC)cccc2CC)c1C. The number of rotatable bonds is 6. The topological polar surface area (TPSA) is 51.1 Å². The van der Waals surface area contributed by atoms with Crippen molar-refractivity contribution in [2.75, 3.05) is 5.32 Å². The van der Waals surface area contributed by atoms with Gasteiger partial charge >= 0.3 is 0 Å². The summed E-state index contributed by atoms with van der Waals surface area (Å²) in [6, 6.07) is 6.04. The predicted molar refractivity (Wildman–Crippen MR) is 111 cm³/mol. The molecule has 26 heavy (non-hydrogen) atoms. The number of aryl methyl sites for hydroxylation is 2. The fourth-order valence-electron chi connectivity index (χ4n) is 3.35. The molecule has 2 aromatic rings. The molecule has 1 aromatic carbocycles. The molecule has 0 aliphatic rings. The maximum Gasteiger partial charge on any atom is 0.261 e. The van der Waals surface area contributed by atoms with Gasteiger partial charge in [-0.05, 0) is 60.2 Å². The van der Waals surface area contributed by atoms with Gasteiger partial charge in [0.25, 0.3) is 5.91 Å². The molecule has 5 heteroatoms. The fourth-order valence-corrected chi connectivity index (χ4v) is 3.76. The Morgan fingerprint density at radius 1 is 1.08 bits per heavy atom. The molecule has 0 atom stereocenters. The van der Waals surface area contributed by atoms with Crippen molar-refractivity contribution in [3.8, 4) is 0 Å². The predicted octanol–water partition coefficient (Wildman–Crippen LogP) is 5.01. The number of pyridine rings is 1. The van der Waals surface area contributed by atoms with Crippen LogP contribution in [0.2, 0.25) is 0 Å². The Morgan fingerprint density at radius 2 is 1.65 bits per heavy atom. The monoisotopic (exact) mass is 418 g/mol. The number of para-hydroxylation sites is 1. The van der Waals surface area contributed by atoms with Crippen LogP contribution < -0.4 is 10.7 Å². The minimum absolute atomic E-state index is 0.212. The van der Waals surface area contributed by atoms with E-state index in [0.717, 1.165) is 48.3 Å². The van der Waals surface area contributed by atoms with Crippen molar-refractivity contribution in [1.82, 2.24) is 4.57 Å². The van der Waals surface area contributed by atoms with Crippen LogP contribution >= 0.6 is 15.9 Å². The van der Waals surface area contributed by atoms with Crippen LogP contribution in [0.25, 0.3) is 0 Å². The van der Waals surface area contributed by atoms with E-state index in [1.165, 1.54) is 0 Å². The molecule has 2 rings (SSSR count). The number of benzene rings is 1. The first-order valence-corrected chi connectivity index (χ1v) is 9.98. The quantitative estimate of drug-likeness (QED) is 0.715. The minimum Gasteiger partial charge on any atom is -0.347 e. The number of aromatic nitrogens is 1.